The van der Waals surface area contributed by atoms with Gasteiger partial charge < -0.3 is 11.1 Å². The topological polar surface area (TPSA) is 55.1 Å². The quantitative estimate of drug-likeness (QED) is 0.461. The first kappa shape index (κ1) is 19.2. The van der Waals surface area contributed by atoms with Crippen molar-refractivity contribution in [3.63, 3.8) is 0 Å². The van der Waals surface area contributed by atoms with Gasteiger partial charge in [-0.1, -0.05) is 72.8 Å². The van der Waals surface area contributed by atoms with Crippen LogP contribution < -0.4 is 11.1 Å². The summed E-state index contributed by atoms with van der Waals surface area (Å²) >= 11 is 1.55. The lowest BCUT2D eigenvalue weighted by Gasteiger charge is -2.19. The molecule has 0 unspecified atom stereocenters. The van der Waals surface area contributed by atoms with Crippen LogP contribution in [0.5, 0.6) is 0 Å². The van der Waals surface area contributed by atoms with E-state index in [0.29, 0.717) is 18.8 Å². The zero-order chi connectivity index (χ0) is 18.9. The Kier molecular flexibility index (Phi) is 7.08. The van der Waals surface area contributed by atoms with Crippen LogP contribution >= 0.6 is 11.8 Å². The van der Waals surface area contributed by atoms with Crippen molar-refractivity contribution in [1.82, 2.24) is 5.32 Å². The number of nitrogens with two attached hydrogens (primary N) is 1. The Morgan fingerprint density at radius 1 is 0.852 bits per heavy atom. The summed E-state index contributed by atoms with van der Waals surface area (Å²) in [5.74, 6) is 0.572. The average Bonchev–Trinajstić information content (AvgIpc) is 2.73. The first-order valence-electron chi connectivity index (χ1n) is 9.07. The van der Waals surface area contributed by atoms with Crippen LogP contribution in [-0.4, -0.2) is 24.7 Å². The molecule has 0 bridgehead atoms. The summed E-state index contributed by atoms with van der Waals surface area (Å²) in [5.41, 5.74) is 9.16. The van der Waals surface area contributed by atoms with Gasteiger partial charge >= 0.3 is 0 Å². The highest BCUT2D eigenvalue weighted by molar-refractivity contribution is 8.00. The molecular formula is C23H24N2OS. The van der Waals surface area contributed by atoms with Crippen molar-refractivity contribution in [2.24, 2.45) is 5.73 Å². The largest absolute Gasteiger partial charge is 0.354 e. The number of hydrogen-bond acceptors (Lipinski definition) is 3. The van der Waals surface area contributed by atoms with Gasteiger partial charge in [-0.2, -0.15) is 0 Å². The molecule has 3 aromatic rings. The Hall–Kier alpha value is -2.56. The fourth-order valence-corrected chi connectivity index (χ4v) is 3.86. The Morgan fingerprint density at radius 2 is 1.44 bits per heavy atom. The molecule has 4 heteroatoms. The first-order valence-corrected chi connectivity index (χ1v) is 10.1. The third-order valence-electron chi connectivity index (χ3n) is 4.29. The van der Waals surface area contributed by atoms with Crippen molar-refractivity contribution in [3.05, 3.63) is 102 Å². The minimum Gasteiger partial charge on any atom is -0.354 e. The van der Waals surface area contributed by atoms with Gasteiger partial charge in [0, 0.05) is 23.9 Å². The van der Waals surface area contributed by atoms with Crippen molar-refractivity contribution < 1.29 is 4.79 Å². The molecule has 3 rings (SSSR count). The third-order valence-corrected chi connectivity index (χ3v) is 5.29. The van der Waals surface area contributed by atoms with E-state index in [1.165, 1.54) is 16.7 Å². The Labute approximate surface area is 165 Å². The molecule has 138 valence electrons. The van der Waals surface area contributed by atoms with Gasteiger partial charge in [-0.15, -0.1) is 11.8 Å². The second-order valence-electron chi connectivity index (χ2n) is 6.25. The van der Waals surface area contributed by atoms with E-state index in [-0.39, 0.29) is 11.8 Å². The van der Waals surface area contributed by atoms with Crippen LogP contribution in [0, 0.1) is 0 Å². The lowest BCUT2D eigenvalue weighted by atomic mass is 9.85. The lowest BCUT2D eigenvalue weighted by molar-refractivity contribution is -0.118. The molecule has 1 amide bonds. The minimum absolute atomic E-state index is 0.0125. The van der Waals surface area contributed by atoms with Crippen LogP contribution in [0.2, 0.25) is 0 Å². The minimum atomic E-state index is 0.0125. The van der Waals surface area contributed by atoms with E-state index in [2.05, 4.69) is 78.1 Å². The van der Waals surface area contributed by atoms with Crippen molar-refractivity contribution in [2.45, 2.75) is 10.8 Å². The summed E-state index contributed by atoms with van der Waals surface area (Å²) in [6, 6.07) is 29.5. The predicted octanol–water partition coefficient (Wildman–Crippen LogP) is 4.03. The SMILES string of the molecule is NCCNC(=O)CSc1cccc(C(c2ccccc2)c2ccccc2)c1. The van der Waals surface area contributed by atoms with Gasteiger partial charge in [0.05, 0.1) is 5.75 Å². The lowest BCUT2D eigenvalue weighted by Crippen LogP contribution is -2.30. The van der Waals surface area contributed by atoms with Crippen LogP contribution in [0.3, 0.4) is 0 Å². The molecule has 3 N–H and O–H groups in total. The van der Waals surface area contributed by atoms with Crippen molar-refractivity contribution in [1.29, 1.82) is 0 Å². The van der Waals surface area contributed by atoms with Crippen LogP contribution in [0.15, 0.2) is 89.8 Å². The second kappa shape index (κ2) is 9.95. The third kappa shape index (κ3) is 5.46. The molecule has 27 heavy (non-hydrogen) atoms. The smallest absolute Gasteiger partial charge is 0.230 e. The van der Waals surface area contributed by atoms with Gasteiger partial charge in [0.25, 0.3) is 0 Å². The molecule has 0 fully saturated rings. The molecule has 0 heterocycles. The molecule has 0 atom stereocenters. The molecule has 0 aliphatic carbocycles. The molecule has 3 nitrogen and oxygen atoms in total. The zero-order valence-corrected chi connectivity index (χ0v) is 16.0. The van der Waals surface area contributed by atoms with Crippen molar-refractivity contribution in [2.75, 3.05) is 18.8 Å². The maximum Gasteiger partial charge on any atom is 0.230 e. The van der Waals surface area contributed by atoms with Gasteiger partial charge in [-0.05, 0) is 28.8 Å². The van der Waals surface area contributed by atoms with Gasteiger partial charge in [0.15, 0.2) is 0 Å². The van der Waals surface area contributed by atoms with Gasteiger partial charge in [0.2, 0.25) is 5.91 Å². The van der Waals surface area contributed by atoms with E-state index in [4.69, 9.17) is 5.73 Å². The highest BCUT2D eigenvalue weighted by atomic mass is 32.2. The number of benzene rings is 3. The van der Waals surface area contributed by atoms with Crippen LogP contribution in [0.1, 0.15) is 22.6 Å². The molecule has 0 saturated carbocycles. The number of amides is 1. The van der Waals surface area contributed by atoms with E-state index in [0.717, 1.165) is 4.90 Å². The number of hydrogen-bond donors (Lipinski definition) is 2. The summed E-state index contributed by atoms with van der Waals surface area (Å²) in [6.07, 6.45) is 0. The first-order chi connectivity index (χ1) is 13.3. The van der Waals surface area contributed by atoms with Crippen LogP contribution in [0.25, 0.3) is 0 Å². The van der Waals surface area contributed by atoms with Crippen molar-refractivity contribution in [3.8, 4) is 0 Å². The summed E-state index contributed by atoms with van der Waals surface area (Å²) in [5, 5.41) is 2.81. The van der Waals surface area contributed by atoms with Crippen molar-refractivity contribution >= 4 is 17.7 Å². The average molecular weight is 377 g/mol. The molecule has 0 aromatic heterocycles. The summed E-state index contributed by atoms with van der Waals surface area (Å²) in [6.45, 7) is 0.977. The number of carbonyl (C=O) groups is 1. The van der Waals surface area contributed by atoms with Crippen LogP contribution in [0.4, 0.5) is 0 Å². The Morgan fingerprint density at radius 3 is 2.04 bits per heavy atom. The number of nitrogens with one attached hydrogen (secondary N) is 1. The zero-order valence-electron chi connectivity index (χ0n) is 15.2. The summed E-state index contributed by atoms with van der Waals surface area (Å²) in [4.78, 5) is 12.9. The predicted molar refractivity (Wildman–Crippen MR) is 113 cm³/mol. The van der Waals surface area contributed by atoms with E-state index in [1.807, 2.05) is 12.1 Å². The van der Waals surface area contributed by atoms with E-state index < -0.39 is 0 Å². The Bertz CT molecular complexity index is 813. The molecule has 0 aliphatic heterocycles. The van der Waals surface area contributed by atoms with Gasteiger partial charge in [0.1, 0.15) is 0 Å². The van der Waals surface area contributed by atoms with Gasteiger partial charge in [-0.25, -0.2) is 0 Å². The monoisotopic (exact) mass is 376 g/mol. The second-order valence-corrected chi connectivity index (χ2v) is 7.30. The fourth-order valence-electron chi connectivity index (χ4n) is 3.06. The summed E-state index contributed by atoms with van der Waals surface area (Å²) in [7, 11) is 0. The molecule has 0 radical (unpaired) electrons. The molecule has 0 aliphatic rings. The summed E-state index contributed by atoms with van der Waals surface area (Å²) < 4.78 is 0. The highest BCUT2D eigenvalue weighted by Gasteiger charge is 2.16. The molecule has 0 saturated heterocycles. The highest BCUT2D eigenvalue weighted by Crippen LogP contribution is 2.33. The van der Waals surface area contributed by atoms with E-state index in [1.54, 1.807) is 11.8 Å². The number of carbonyl (C=O) groups excluding carboxylic acids is 1. The molecule has 0 spiro atoms. The number of rotatable bonds is 8. The van der Waals surface area contributed by atoms with E-state index >= 15 is 0 Å². The Balaban J connectivity index is 1.84. The fraction of sp³-hybridized carbons (Fsp3) is 0.174. The molecule has 3 aromatic carbocycles. The number of thioether (sulfide) groups is 1. The van der Waals surface area contributed by atoms with Crippen LogP contribution in [-0.2, 0) is 4.79 Å². The van der Waals surface area contributed by atoms with Gasteiger partial charge in [-0.3, -0.25) is 4.79 Å². The normalized spacial score (nSPS) is 10.7. The molecular weight excluding hydrogens is 352 g/mol. The van der Waals surface area contributed by atoms with E-state index in [9.17, 15) is 4.79 Å². The maximum absolute atomic E-state index is 11.8. The maximum atomic E-state index is 11.8. The standard InChI is InChI=1S/C23H24N2OS/c24-14-15-25-22(26)17-27-21-13-7-12-20(16-21)23(18-8-3-1-4-9-18)19-10-5-2-6-11-19/h1-13,16,23H,14-15,17,24H2,(H,25,26).